The van der Waals surface area contributed by atoms with Crippen LogP contribution >= 0.6 is 27.5 Å². The van der Waals surface area contributed by atoms with E-state index in [2.05, 4.69) is 40.2 Å². The van der Waals surface area contributed by atoms with Crippen molar-refractivity contribution < 1.29 is 14.3 Å². The molecule has 1 heterocycles. The monoisotopic (exact) mass is 686 g/mol. The van der Waals surface area contributed by atoms with Crippen LogP contribution in [0.15, 0.2) is 93.2 Å². The van der Waals surface area contributed by atoms with Crippen molar-refractivity contribution >= 4 is 56.2 Å². The fourth-order valence-electron chi connectivity index (χ4n) is 4.88. The summed E-state index contributed by atoms with van der Waals surface area (Å²) >= 11 is 9.89. The summed E-state index contributed by atoms with van der Waals surface area (Å²) in [5.74, 6) is 1.35. The van der Waals surface area contributed by atoms with Gasteiger partial charge in [-0.2, -0.15) is 9.78 Å². The van der Waals surface area contributed by atoms with Gasteiger partial charge in [0.05, 0.1) is 28.2 Å². The molecule has 1 amide bonds. The fraction of sp³-hybridized carbons (Fsp3) is 0.200. The molecule has 1 N–H and O–H groups in total. The zero-order valence-corrected chi connectivity index (χ0v) is 27.6. The van der Waals surface area contributed by atoms with Gasteiger partial charge in [0, 0.05) is 21.8 Å². The van der Waals surface area contributed by atoms with Gasteiger partial charge in [0.2, 0.25) is 0 Å². The Morgan fingerprint density at radius 2 is 1.80 bits per heavy atom. The highest BCUT2D eigenvalue weighted by Crippen LogP contribution is 2.35. The Hall–Kier alpha value is -4.47. The second-order valence-corrected chi connectivity index (χ2v) is 11.9. The molecule has 0 saturated heterocycles. The van der Waals surface area contributed by atoms with E-state index in [1.165, 1.54) is 10.9 Å². The molecule has 0 saturated carbocycles. The molecule has 0 spiro atoms. The average molecular weight is 688 g/mol. The molecular formula is C35H32BrClN4O4. The number of aromatic nitrogens is 2. The average Bonchev–Trinajstić information content (AvgIpc) is 3.00. The van der Waals surface area contributed by atoms with Gasteiger partial charge in [0.1, 0.15) is 11.5 Å². The number of amides is 1. The number of benzene rings is 4. The number of nitrogens with one attached hydrogen (secondary N) is 1. The Labute approximate surface area is 274 Å². The summed E-state index contributed by atoms with van der Waals surface area (Å²) < 4.78 is 13.7. The zero-order chi connectivity index (χ0) is 32.1. The Balaban J connectivity index is 1.59. The maximum absolute atomic E-state index is 13.9. The number of aryl methyl sites for hydroxylation is 1. The number of carbonyl (C=O) groups is 1. The molecule has 0 aliphatic rings. The number of hydrogen-bond donors (Lipinski definition) is 1. The molecule has 0 atom stereocenters. The first-order chi connectivity index (χ1) is 21.7. The van der Waals surface area contributed by atoms with Crippen molar-refractivity contribution in [1.29, 1.82) is 0 Å². The minimum atomic E-state index is -0.338. The number of hydrogen-bond acceptors (Lipinski definition) is 6. The van der Waals surface area contributed by atoms with E-state index < -0.39 is 0 Å². The normalized spacial score (nSPS) is 11.4. The molecule has 5 aromatic rings. The summed E-state index contributed by atoms with van der Waals surface area (Å²) in [7, 11) is 0. The molecule has 45 heavy (non-hydrogen) atoms. The number of halogens is 2. The molecule has 0 aliphatic carbocycles. The SMILES string of the molecule is CCOc1cc(C)c(-c2nc3ccccc3c(=O)n2N=Cc2cc(Cl)cc(Br)c2OCC(=O)Nc2ccccc2)cc1C(C)C. The van der Waals surface area contributed by atoms with Gasteiger partial charge < -0.3 is 14.8 Å². The molecule has 0 fully saturated rings. The first-order valence-electron chi connectivity index (χ1n) is 14.5. The Kier molecular flexibility index (Phi) is 10.0. The molecule has 0 aliphatic heterocycles. The number of anilines is 1. The smallest absolute Gasteiger partial charge is 0.282 e. The van der Waals surface area contributed by atoms with Crippen LogP contribution in [-0.4, -0.2) is 35.0 Å². The summed E-state index contributed by atoms with van der Waals surface area (Å²) in [6, 6.07) is 23.6. The van der Waals surface area contributed by atoms with Crippen molar-refractivity contribution in [3.8, 4) is 22.9 Å². The fourth-order valence-corrected chi connectivity index (χ4v) is 5.83. The third kappa shape index (κ3) is 7.27. The van der Waals surface area contributed by atoms with Crippen molar-refractivity contribution in [1.82, 2.24) is 9.66 Å². The first-order valence-corrected chi connectivity index (χ1v) is 15.6. The van der Waals surface area contributed by atoms with Crippen LogP contribution in [0.4, 0.5) is 5.69 Å². The maximum atomic E-state index is 13.9. The van der Waals surface area contributed by atoms with E-state index in [-0.39, 0.29) is 24.0 Å². The van der Waals surface area contributed by atoms with Crippen LogP contribution in [0.3, 0.4) is 0 Å². The summed E-state index contributed by atoms with van der Waals surface area (Å²) in [6.45, 7) is 8.37. The van der Waals surface area contributed by atoms with Gasteiger partial charge in [0.15, 0.2) is 12.4 Å². The molecule has 5 rings (SSSR count). The third-order valence-corrected chi connectivity index (χ3v) is 7.84. The van der Waals surface area contributed by atoms with Gasteiger partial charge >= 0.3 is 0 Å². The van der Waals surface area contributed by atoms with Crippen LogP contribution < -0.4 is 20.3 Å². The molecule has 1 aromatic heterocycles. The molecule has 10 heteroatoms. The predicted octanol–water partition coefficient (Wildman–Crippen LogP) is 8.21. The summed E-state index contributed by atoms with van der Waals surface area (Å²) in [5.41, 5.74) is 3.97. The summed E-state index contributed by atoms with van der Waals surface area (Å²) in [5, 5.41) is 8.28. The van der Waals surface area contributed by atoms with Crippen LogP contribution in [-0.2, 0) is 4.79 Å². The zero-order valence-electron chi connectivity index (χ0n) is 25.3. The van der Waals surface area contributed by atoms with Crippen LogP contribution in [0, 0.1) is 6.92 Å². The van der Waals surface area contributed by atoms with E-state index in [9.17, 15) is 9.59 Å². The van der Waals surface area contributed by atoms with E-state index in [0.29, 0.717) is 49.8 Å². The van der Waals surface area contributed by atoms with Gasteiger partial charge in [-0.25, -0.2) is 4.98 Å². The van der Waals surface area contributed by atoms with E-state index in [0.717, 1.165) is 22.4 Å². The predicted molar refractivity (Wildman–Crippen MR) is 184 cm³/mol. The molecule has 0 radical (unpaired) electrons. The molecular weight excluding hydrogens is 656 g/mol. The highest BCUT2D eigenvalue weighted by atomic mass is 79.9. The van der Waals surface area contributed by atoms with Gasteiger partial charge in [-0.15, -0.1) is 0 Å². The van der Waals surface area contributed by atoms with Crippen LogP contribution in [0.2, 0.25) is 5.02 Å². The topological polar surface area (TPSA) is 94.8 Å². The third-order valence-electron chi connectivity index (χ3n) is 7.03. The minimum Gasteiger partial charge on any atom is -0.494 e. The highest BCUT2D eigenvalue weighted by Gasteiger charge is 2.19. The first kappa shape index (κ1) is 31.9. The van der Waals surface area contributed by atoms with Gasteiger partial charge in [-0.05, 0) is 95.4 Å². The van der Waals surface area contributed by atoms with Crippen LogP contribution in [0.25, 0.3) is 22.3 Å². The Bertz CT molecular complexity index is 1960. The van der Waals surface area contributed by atoms with Gasteiger partial charge in [-0.3, -0.25) is 9.59 Å². The quantitative estimate of drug-likeness (QED) is 0.149. The molecule has 0 bridgehead atoms. The van der Waals surface area contributed by atoms with Crippen LogP contribution in [0.5, 0.6) is 11.5 Å². The number of fused-ring (bicyclic) bond motifs is 1. The number of carbonyl (C=O) groups excluding carboxylic acids is 1. The van der Waals surface area contributed by atoms with E-state index in [1.807, 2.05) is 56.3 Å². The lowest BCUT2D eigenvalue weighted by Gasteiger charge is -2.18. The van der Waals surface area contributed by atoms with Crippen molar-refractivity contribution in [2.45, 2.75) is 33.6 Å². The molecule has 0 unspecified atom stereocenters. The van der Waals surface area contributed by atoms with Crippen molar-refractivity contribution in [2.24, 2.45) is 5.10 Å². The summed E-state index contributed by atoms with van der Waals surface area (Å²) in [6.07, 6.45) is 1.48. The van der Waals surface area contributed by atoms with Gasteiger partial charge in [-0.1, -0.05) is 55.8 Å². The summed E-state index contributed by atoms with van der Waals surface area (Å²) in [4.78, 5) is 31.4. The number of ether oxygens (including phenoxy) is 2. The van der Waals surface area contributed by atoms with Crippen LogP contribution in [0.1, 0.15) is 43.4 Å². The van der Waals surface area contributed by atoms with Crippen molar-refractivity contribution in [3.05, 3.63) is 115 Å². The lowest BCUT2D eigenvalue weighted by Crippen LogP contribution is -2.21. The van der Waals surface area contributed by atoms with E-state index in [1.54, 1.807) is 36.4 Å². The number of para-hydroxylation sites is 2. The Morgan fingerprint density at radius 1 is 1.07 bits per heavy atom. The van der Waals surface area contributed by atoms with E-state index in [4.69, 9.17) is 26.1 Å². The largest absolute Gasteiger partial charge is 0.494 e. The molecule has 230 valence electrons. The second-order valence-electron chi connectivity index (χ2n) is 10.6. The lowest BCUT2D eigenvalue weighted by atomic mass is 9.96. The Morgan fingerprint density at radius 3 is 2.53 bits per heavy atom. The second kappa shape index (κ2) is 14.1. The highest BCUT2D eigenvalue weighted by molar-refractivity contribution is 9.10. The van der Waals surface area contributed by atoms with Crippen molar-refractivity contribution in [2.75, 3.05) is 18.5 Å². The van der Waals surface area contributed by atoms with Gasteiger partial charge in [0.25, 0.3) is 11.5 Å². The number of rotatable bonds is 10. The lowest BCUT2D eigenvalue weighted by molar-refractivity contribution is -0.118. The molecule has 8 nitrogen and oxygen atoms in total. The van der Waals surface area contributed by atoms with E-state index >= 15 is 0 Å². The standard InChI is InChI=1S/C35H32BrClN4O4/c1-5-44-31-15-22(4)28(18-27(31)21(2)3)34-40-30-14-10-9-13-26(30)35(43)41(34)38-19-23-16-24(37)17-29(36)33(23)45-20-32(42)39-25-11-7-6-8-12-25/h6-19,21H,5,20H2,1-4H3,(H,39,42). The number of nitrogens with zero attached hydrogens (tertiary/aromatic N) is 3. The molecule has 4 aromatic carbocycles. The van der Waals surface area contributed by atoms with Crippen molar-refractivity contribution in [3.63, 3.8) is 0 Å². The minimum absolute atomic E-state index is 0.164. The maximum Gasteiger partial charge on any atom is 0.282 e.